The molecule has 5 nitrogen and oxygen atoms in total. The molecule has 0 bridgehead atoms. The number of hydrogen-bond acceptors (Lipinski definition) is 3. The van der Waals surface area contributed by atoms with Crippen LogP contribution in [0.5, 0.6) is 0 Å². The molecule has 2 aromatic rings. The largest absolute Gasteiger partial charge is 0.352 e. The van der Waals surface area contributed by atoms with Crippen LogP contribution >= 0.6 is 0 Å². The van der Waals surface area contributed by atoms with Crippen molar-refractivity contribution in [3.63, 3.8) is 0 Å². The van der Waals surface area contributed by atoms with Crippen molar-refractivity contribution in [2.24, 2.45) is 0 Å². The number of carbonyl (C=O) groups is 1. The van der Waals surface area contributed by atoms with E-state index >= 15 is 0 Å². The molecular formula is C15H19N3O2. The zero-order valence-corrected chi connectivity index (χ0v) is 12.0. The number of hydrogen-bond donors (Lipinski definition) is 1. The number of nitrogens with one attached hydrogen (secondary N) is 1. The van der Waals surface area contributed by atoms with E-state index in [1.807, 2.05) is 39.0 Å². The quantitative estimate of drug-likeness (QED) is 0.920. The summed E-state index contributed by atoms with van der Waals surface area (Å²) in [5.41, 5.74) is 0.516. The van der Waals surface area contributed by atoms with Crippen molar-refractivity contribution in [2.75, 3.05) is 0 Å². The summed E-state index contributed by atoms with van der Waals surface area (Å²) in [5.74, 6) is -0.191. The van der Waals surface area contributed by atoms with E-state index in [4.69, 9.17) is 0 Å². The molecule has 0 aliphatic carbocycles. The summed E-state index contributed by atoms with van der Waals surface area (Å²) in [4.78, 5) is 24.2. The van der Waals surface area contributed by atoms with Crippen molar-refractivity contribution in [1.29, 1.82) is 0 Å². The van der Waals surface area contributed by atoms with Crippen LogP contribution in [0.15, 0.2) is 29.1 Å². The van der Waals surface area contributed by atoms with Crippen LogP contribution in [0.1, 0.15) is 26.0 Å². The number of amides is 1. The average Bonchev–Trinajstić information content (AvgIpc) is 2.44. The van der Waals surface area contributed by atoms with Crippen molar-refractivity contribution < 1.29 is 4.79 Å². The van der Waals surface area contributed by atoms with E-state index in [0.717, 1.165) is 17.5 Å². The van der Waals surface area contributed by atoms with Crippen LogP contribution in [0, 0.1) is 6.92 Å². The fraction of sp³-hybridized carbons (Fsp3) is 0.400. The Bertz CT molecular complexity index is 691. The monoisotopic (exact) mass is 273 g/mol. The van der Waals surface area contributed by atoms with Gasteiger partial charge in [0.05, 0.1) is 11.1 Å². The van der Waals surface area contributed by atoms with Crippen LogP contribution in [-0.4, -0.2) is 21.7 Å². The molecule has 1 N–H and O–H groups in total. The lowest BCUT2D eigenvalue weighted by molar-refractivity contribution is -0.122. The molecule has 0 aliphatic rings. The Morgan fingerprint density at radius 3 is 2.65 bits per heavy atom. The number of carbonyl (C=O) groups excluding carboxylic acids is 1. The highest BCUT2D eigenvalue weighted by Crippen LogP contribution is 2.11. The number of fused-ring (bicyclic) bond motifs is 1. The van der Waals surface area contributed by atoms with E-state index in [2.05, 4.69) is 10.4 Å². The van der Waals surface area contributed by atoms with Gasteiger partial charge in [0.15, 0.2) is 0 Å². The lowest BCUT2D eigenvalue weighted by Gasteiger charge is -2.12. The zero-order valence-electron chi connectivity index (χ0n) is 12.0. The Labute approximate surface area is 117 Å². The van der Waals surface area contributed by atoms with Crippen molar-refractivity contribution in [3.05, 3.63) is 40.3 Å². The lowest BCUT2D eigenvalue weighted by Crippen LogP contribution is -2.38. The second-order valence-electron chi connectivity index (χ2n) is 4.97. The molecule has 0 fully saturated rings. The molecule has 5 heteroatoms. The molecule has 1 unspecified atom stereocenters. The fourth-order valence-electron chi connectivity index (χ4n) is 2.07. The van der Waals surface area contributed by atoms with Gasteiger partial charge in [-0.25, -0.2) is 4.68 Å². The summed E-state index contributed by atoms with van der Waals surface area (Å²) in [6, 6.07) is 7.40. The fourth-order valence-corrected chi connectivity index (χ4v) is 2.07. The first-order valence-corrected chi connectivity index (χ1v) is 6.78. The van der Waals surface area contributed by atoms with Gasteiger partial charge in [0.1, 0.15) is 6.54 Å². The van der Waals surface area contributed by atoms with E-state index in [1.165, 1.54) is 4.68 Å². The van der Waals surface area contributed by atoms with Gasteiger partial charge in [-0.15, -0.1) is 0 Å². The highest BCUT2D eigenvalue weighted by Gasteiger charge is 2.11. The molecule has 106 valence electrons. The van der Waals surface area contributed by atoms with Crippen LogP contribution in [0.4, 0.5) is 0 Å². The molecule has 1 atom stereocenters. The summed E-state index contributed by atoms with van der Waals surface area (Å²) in [6.45, 7) is 5.72. The molecule has 0 spiro atoms. The van der Waals surface area contributed by atoms with Gasteiger partial charge in [0.25, 0.3) is 5.56 Å². The summed E-state index contributed by atoms with van der Waals surface area (Å²) in [6.07, 6.45) is 0.852. The van der Waals surface area contributed by atoms with Gasteiger partial charge >= 0.3 is 0 Å². The molecule has 1 aromatic heterocycles. The Morgan fingerprint density at radius 2 is 2.00 bits per heavy atom. The first kappa shape index (κ1) is 14.2. The van der Waals surface area contributed by atoms with Gasteiger partial charge in [0.2, 0.25) is 5.91 Å². The van der Waals surface area contributed by atoms with Gasteiger partial charge < -0.3 is 5.32 Å². The smallest absolute Gasteiger partial charge is 0.275 e. The number of aromatic nitrogens is 2. The van der Waals surface area contributed by atoms with Crippen LogP contribution in [0.3, 0.4) is 0 Å². The topological polar surface area (TPSA) is 64.0 Å². The third-order valence-electron chi connectivity index (χ3n) is 3.37. The molecular weight excluding hydrogens is 254 g/mol. The first-order chi connectivity index (χ1) is 9.52. The maximum atomic E-state index is 12.3. The van der Waals surface area contributed by atoms with Crippen molar-refractivity contribution in [2.45, 2.75) is 39.8 Å². The minimum atomic E-state index is -0.231. The Kier molecular flexibility index (Phi) is 4.17. The minimum Gasteiger partial charge on any atom is -0.352 e. The number of rotatable bonds is 4. The predicted molar refractivity (Wildman–Crippen MR) is 78.6 cm³/mol. The number of aryl methyl sites for hydroxylation is 1. The maximum Gasteiger partial charge on any atom is 0.275 e. The average molecular weight is 273 g/mol. The normalized spacial score (nSPS) is 12.3. The van der Waals surface area contributed by atoms with E-state index < -0.39 is 0 Å². The van der Waals surface area contributed by atoms with E-state index in [9.17, 15) is 9.59 Å². The number of benzene rings is 1. The van der Waals surface area contributed by atoms with Gasteiger partial charge in [0, 0.05) is 11.4 Å². The second kappa shape index (κ2) is 5.86. The standard InChI is InChI=1S/C15H19N3O2/c1-4-10(2)16-14(19)9-18-15(20)13-8-6-5-7-12(13)11(3)17-18/h5-8,10H,4,9H2,1-3H3,(H,16,19). The Morgan fingerprint density at radius 1 is 1.35 bits per heavy atom. The lowest BCUT2D eigenvalue weighted by atomic mass is 10.1. The molecule has 1 aromatic carbocycles. The number of nitrogens with zero attached hydrogens (tertiary/aromatic N) is 2. The third-order valence-corrected chi connectivity index (χ3v) is 3.37. The van der Waals surface area contributed by atoms with Crippen LogP contribution in [0.25, 0.3) is 10.8 Å². The summed E-state index contributed by atoms with van der Waals surface area (Å²) in [7, 11) is 0. The van der Waals surface area contributed by atoms with Gasteiger partial charge in [-0.2, -0.15) is 5.10 Å². The maximum absolute atomic E-state index is 12.3. The van der Waals surface area contributed by atoms with Crippen LogP contribution < -0.4 is 10.9 Å². The van der Waals surface area contributed by atoms with Crippen LogP contribution in [0.2, 0.25) is 0 Å². The second-order valence-corrected chi connectivity index (χ2v) is 4.97. The van der Waals surface area contributed by atoms with Crippen molar-refractivity contribution in [1.82, 2.24) is 15.1 Å². The van der Waals surface area contributed by atoms with Crippen molar-refractivity contribution >= 4 is 16.7 Å². The van der Waals surface area contributed by atoms with Crippen molar-refractivity contribution in [3.8, 4) is 0 Å². The first-order valence-electron chi connectivity index (χ1n) is 6.78. The molecule has 20 heavy (non-hydrogen) atoms. The molecule has 2 rings (SSSR count). The molecule has 0 aliphatic heterocycles. The minimum absolute atomic E-state index is 0.0468. The highest BCUT2D eigenvalue weighted by molar-refractivity contribution is 5.83. The highest BCUT2D eigenvalue weighted by atomic mass is 16.2. The molecule has 0 saturated heterocycles. The summed E-state index contributed by atoms with van der Waals surface area (Å²) < 4.78 is 1.23. The van der Waals surface area contributed by atoms with Gasteiger partial charge in [-0.1, -0.05) is 25.1 Å². The zero-order chi connectivity index (χ0) is 14.7. The Balaban J connectivity index is 2.34. The summed E-state index contributed by atoms with van der Waals surface area (Å²) in [5, 5.41) is 8.47. The predicted octanol–water partition coefficient (Wildman–Crippen LogP) is 1.62. The van der Waals surface area contributed by atoms with Gasteiger partial charge in [-0.05, 0) is 26.3 Å². The molecule has 0 radical (unpaired) electrons. The van der Waals surface area contributed by atoms with E-state index in [-0.39, 0.29) is 24.1 Å². The summed E-state index contributed by atoms with van der Waals surface area (Å²) >= 11 is 0. The molecule has 1 amide bonds. The van der Waals surface area contributed by atoms with E-state index in [1.54, 1.807) is 6.07 Å². The van der Waals surface area contributed by atoms with Gasteiger partial charge in [-0.3, -0.25) is 9.59 Å². The SMILES string of the molecule is CCC(C)NC(=O)Cn1nc(C)c2ccccc2c1=O. The van der Waals surface area contributed by atoms with Crippen LogP contribution in [-0.2, 0) is 11.3 Å². The molecule has 1 heterocycles. The third kappa shape index (κ3) is 2.87. The van der Waals surface area contributed by atoms with E-state index in [0.29, 0.717) is 5.39 Å². The molecule has 0 saturated carbocycles. The Hall–Kier alpha value is -2.17.